The van der Waals surface area contributed by atoms with E-state index >= 15 is 0 Å². The fourth-order valence-electron chi connectivity index (χ4n) is 2.78. The first kappa shape index (κ1) is 19.2. The Labute approximate surface area is 166 Å². The molecule has 0 radical (unpaired) electrons. The maximum Gasteiger partial charge on any atom is 0.422 e. The van der Waals surface area contributed by atoms with Gasteiger partial charge in [-0.15, -0.1) is 5.10 Å². The Morgan fingerprint density at radius 2 is 2.19 bits per heavy atom. The minimum absolute atomic E-state index is 0.0613. The summed E-state index contributed by atoms with van der Waals surface area (Å²) >= 11 is 7.86. The van der Waals surface area contributed by atoms with Crippen molar-refractivity contribution in [2.24, 2.45) is 5.84 Å². The van der Waals surface area contributed by atoms with Gasteiger partial charge in [-0.3, -0.25) is 0 Å². The molecule has 1 aromatic heterocycles. The second kappa shape index (κ2) is 7.24. The number of carboxylic acid groups (broad SMARTS) is 1. The first-order valence-electron chi connectivity index (χ1n) is 7.70. The topological polar surface area (TPSA) is 97.3 Å². The first-order chi connectivity index (χ1) is 12.2. The molecule has 0 unspecified atom stereocenters. The smallest absolute Gasteiger partial charge is 0.422 e. The van der Waals surface area contributed by atoms with Gasteiger partial charge in [0.1, 0.15) is 0 Å². The molecule has 0 spiro atoms. The number of amides is 1. The van der Waals surface area contributed by atoms with Crippen molar-refractivity contribution in [1.82, 2.24) is 19.8 Å². The molecule has 2 aromatic rings. The molecule has 1 saturated carbocycles. The summed E-state index contributed by atoms with van der Waals surface area (Å²) in [5.41, 5.74) is 0.795. The van der Waals surface area contributed by atoms with Crippen LogP contribution in [0.5, 0.6) is 0 Å². The van der Waals surface area contributed by atoms with Crippen molar-refractivity contribution in [3.05, 3.63) is 32.6 Å². The number of aryl methyl sites for hydroxylation is 1. The van der Waals surface area contributed by atoms with Gasteiger partial charge in [-0.05, 0) is 43.4 Å². The molecule has 0 bridgehead atoms. The molecular weight excluding hydrogens is 483 g/mol. The lowest BCUT2D eigenvalue weighted by Crippen LogP contribution is -2.46. The molecule has 140 valence electrons. The summed E-state index contributed by atoms with van der Waals surface area (Å²) in [5.74, 6) is 5.75. The Kier molecular flexibility index (Phi) is 5.35. The van der Waals surface area contributed by atoms with Gasteiger partial charge >= 0.3 is 12.6 Å². The van der Waals surface area contributed by atoms with Gasteiger partial charge in [-0.25, -0.2) is 20.6 Å². The van der Waals surface area contributed by atoms with Crippen molar-refractivity contribution in [2.45, 2.75) is 37.8 Å². The van der Waals surface area contributed by atoms with Crippen LogP contribution in [0.3, 0.4) is 0 Å². The van der Waals surface area contributed by atoms with Crippen molar-refractivity contribution in [2.75, 3.05) is 0 Å². The number of alkyl halides is 2. The summed E-state index contributed by atoms with van der Waals surface area (Å²) < 4.78 is 26.4. The third-order valence-corrected chi connectivity index (χ3v) is 5.53. The van der Waals surface area contributed by atoms with Crippen LogP contribution in [0, 0.1) is 3.83 Å². The third-order valence-electron chi connectivity index (χ3n) is 4.47. The third kappa shape index (κ3) is 3.76. The molecule has 11 heteroatoms. The monoisotopic (exact) mass is 497 g/mol. The van der Waals surface area contributed by atoms with Crippen LogP contribution in [0.25, 0.3) is 11.4 Å². The minimum atomic E-state index is -2.79. The van der Waals surface area contributed by atoms with Crippen LogP contribution in [-0.4, -0.2) is 36.5 Å². The van der Waals surface area contributed by atoms with E-state index in [4.69, 9.17) is 22.6 Å². The SMILES string of the molecule is NN(C(=O)O)C1(CCc2ccc(Cl)c(-c3nc(I)n(C(F)F)n3)c2)CC1. The van der Waals surface area contributed by atoms with Gasteiger partial charge in [0.15, 0.2) is 9.66 Å². The van der Waals surface area contributed by atoms with Gasteiger partial charge in [-0.2, -0.15) is 13.5 Å². The van der Waals surface area contributed by atoms with Gasteiger partial charge < -0.3 is 5.11 Å². The summed E-state index contributed by atoms with van der Waals surface area (Å²) in [6, 6.07) is 5.19. The average molecular weight is 498 g/mol. The molecule has 26 heavy (non-hydrogen) atoms. The van der Waals surface area contributed by atoms with Crippen molar-refractivity contribution in [3.8, 4) is 11.4 Å². The van der Waals surface area contributed by atoms with Gasteiger partial charge in [0.25, 0.3) is 0 Å². The minimum Gasteiger partial charge on any atom is -0.464 e. The van der Waals surface area contributed by atoms with Crippen molar-refractivity contribution in [1.29, 1.82) is 0 Å². The standard InChI is InChI=1S/C15H15ClF2IN5O2/c16-10-2-1-8(3-4-15(5-6-15)24(20)14(25)26)7-9(10)11-21-13(19)23(22-11)12(17)18/h1-2,7,12H,3-6,20H2,(H,25,26). The molecule has 1 amide bonds. The number of carbonyl (C=O) groups is 1. The zero-order chi connectivity index (χ0) is 19.1. The van der Waals surface area contributed by atoms with Crippen molar-refractivity contribution in [3.63, 3.8) is 0 Å². The molecule has 1 fully saturated rings. The van der Waals surface area contributed by atoms with Crippen LogP contribution in [0.15, 0.2) is 18.2 Å². The molecule has 1 aliphatic carbocycles. The highest BCUT2D eigenvalue weighted by Gasteiger charge is 2.49. The van der Waals surface area contributed by atoms with Crippen LogP contribution in [0.1, 0.15) is 31.4 Å². The van der Waals surface area contributed by atoms with Gasteiger partial charge in [0, 0.05) is 28.2 Å². The number of hydrogen-bond acceptors (Lipinski definition) is 4. The molecule has 0 saturated heterocycles. The van der Waals surface area contributed by atoms with Crippen LogP contribution >= 0.6 is 34.2 Å². The first-order valence-corrected chi connectivity index (χ1v) is 9.16. The lowest BCUT2D eigenvalue weighted by Gasteiger charge is -2.24. The largest absolute Gasteiger partial charge is 0.464 e. The fraction of sp³-hybridized carbons (Fsp3) is 0.400. The maximum atomic E-state index is 12.9. The highest BCUT2D eigenvalue weighted by atomic mass is 127. The van der Waals surface area contributed by atoms with Crippen LogP contribution < -0.4 is 5.84 Å². The van der Waals surface area contributed by atoms with E-state index in [0.29, 0.717) is 28.1 Å². The van der Waals surface area contributed by atoms with Crippen LogP contribution in [0.2, 0.25) is 5.02 Å². The van der Waals surface area contributed by atoms with Crippen LogP contribution in [0.4, 0.5) is 13.6 Å². The lowest BCUT2D eigenvalue weighted by molar-refractivity contribution is 0.0534. The van der Waals surface area contributed by atoms with E-state index in [1.807, 2.05) is 0 Å². The second-order valence-electron chi connectivity index (χ2n) is 6.12. The summed E-state index contributed by atoms with van der Waals surface area (Å²) in [4.78, 5) is 15.1. The van der Waals surface area contributed by atoms with E-state index < -0.39 is 18.2 Å². The average Bonchev–Trinajstić information content (AvgIpc) is 3.28. The number of hydrazine groups is 1. The molecule has 0 atom stereocenters. The Bertz CT molecular complexity index is 843. The Hall–Kier alpha value is -1.53. The number of halogens is 4. The number of nitrogens with zero attached hydrogens (tertiary/aromatic N) is 4. The molecule has 3 N–H and O–H groups in total. The normalized spacial score (nSPS) is 15.3. The molecule has 3 rings (SSSR count). The number of aromatic nitrogens is 3. The van der Waals surface area contributed by atoms with Gasteiger partial charge in [-0.1, -0.05) is 17.7 Å². The van der Waals surface area contributed by atoms with E-state index in [1.165, 1.54) is 0 Å². The van der Waals surface area contributed by atoms with Crippen LogP contribution in [-0.2, 0) is 6.42 Å². The zero-order valence-electron chi connectivity index (χ0n) is 13.4. The van der Waals surface area contributed by atoms with Crippen molar-refractivity contribution >= 4 is 40.3 Å². The summed E-state index contributed by atoms with van der Waals surface area (Å²) in [5, 5.41) is 14.1. The Balaban J connectivity index is 1.80. The Morgan fingerprint density at radius 3 is 2.73 bits per heavy atom. The number of nitrogens with two attached hydrogens (primary N) is 1. The molecule has 1 aliphatic rings. The van der Waals surface area contributed by atoms with Gasteiger partial charge in [0.2, 0.25) is 0 Å². The number of rotatable bonds is 6. The van der Waals surface area contributed by atoms with E-state index in [-0.39, 0.29) is 9.66 Å². The molecule has 1 heterocycles. The van der Waals surface area contributed by atoms with Crippen molar-refractivity contribution < 1.29 is 18.7 Å². The Morgan fingerprint density at radius 1 is 1.50 bits per heavy atom. The van der Waals surface area contributed by atoms with E-state index in [2.05, 4.69) is 10.1 Å². The highest BCUT2D eigenvalue weighted by molar-refractivity contribution is 14.1. The summed E-state index contributed by atoms with van der Waals surface area (Å²) in [6.45, 7) is -2.79. The summed E-state index contributed by atoms with van der Waals surface area (Å²) in [7, 11) is 0. The molecule has 1 aromatic carbocycles. The van der Waals surface area contributed by atoms with E-state index in [9.17, 15) is 13.6 Å². The molecule has 0 aliphatic heterocycles. The second-order valence-corrected chi connectivity index (χ2v) is 7.49. The predicted octanol–water partition coefficient (Wildman–Crippen LogP) is 3.92. The highest BCUT2D eigenvalue weighted by Crippen LogP contribution is 2.44. The maximum absolute atomic E-state index is 12.9. The van der Waals surface area contributed by atoms with E-state index in [1.54, 1.807) is 40.8 Å². The molecule has 7 nitrogen and oxygen atoms in total. The fourth-order valence-corrected chi connectivity index (χ4v) is 3.53. The zero-order valence-corrected chi connectivity index (χ0v) is 16.3. The van der Waals surface area contributed by atoms with Gasteiger partial charge in [0.05, 0.1) is 10.6 Å². The summed E-state index contributed by atoms with van der Waals surface area (Å²) in [6.07, 6.45) is 1.41. The number of hydrogen-bond donors (Lipinski definition) is 2. The number of benzene rings is 1. The molecular formula is C15H15ClF2IN5O2. The van der Waals surface area contributed by atoms with E-state index in [0.717, 1.165) is 23.4 Å². The predicted molar refractivity (Wildman–Crippen MR) is 98.8 cm³/mol. The lowest BCUT2D eigenvalue weighted by atomic mass is 10.0. The quantitative estimate of drug-likeness (QED) is 0.273.